The van der Waals surface area contributed by atoms with Gasteiger partial charge < -0.3 is 0 Å². The van der Waals surface area contributed by atoms with Crippen LogP contribution >= 0.6 is 11.8 Å². The summed E-state index contributed by atoms with van der Waals surface area (Å²) in [5.41, 5.74) is 4.24. The van der Waals surface area contributed by atoms with Crippen LogP contribution in [0.3, 0.4) is 0 Å². The van der Waals surface area contributed by atoms with Crippen LogP contribution in [0.2, 0.25) is 0 Å². The van der Waals surface area contributed by atoms with Crippen molar-refractivity contribution in [2.75, 3.05) is 11.5 Å². The van der Waals surface area contributed by atoms with E-state index in [2.05, 4.69) is 0 Å². The average molecular weight is 312 g/mol. The Bertz CT molecular complexity index is 770. The van der Waals surface area contributed by atoms with Crippen LogP contribution in [0.25, 0.3) is 5.57 Å². The van der Waals surface area contributed by atoms with Crippen LogP contribution in [0.15, 0.2) is 52.8 Å². The quantitative estimate of drug-likeness (QED) is 0.637. The van der Waals surface area contributed by atoms with Crippen LogP contribution in [-0.2, 0) is 10.8 Å². The Labute approximate surface area is 129 Å². The molecular weight excluding hydrogens is 300 g/mol. The lowest BCUT2D eigenvalue weighted by atomic mass is 9.82. The second kappa shape index (κ2) is 4.97. The lowest BCUT2D eigenvalue weighted by Gasteiger charge is -2.22. The molecule has 104 valence electrons. The normalized spacial score (nSPS) is 20.4. The maximum atomic E-state index is 12.6. The Hall–Kier alpha value is -1.65. The number of hydrogen-bond acceptors (Lipinski definition) is 3. The Balaban J connectivity index is 2.11. The van der Waals surface area contributed by atoms with Crippen molar-refractivity contribution in [3.05, 3.63) is 75.0 Å². The minimum absolute atomic E-state index is 0.0549. The minimum Gasteiger partial charge on any atom is -0.289 e. The molecule has 1 aliphatic heterocycles. The molecule has 2 aromatic rings. The standard InChI is InChI=1S/C17H12O2S2/c18-16-13-7-3-1-5-11(13)15(17-20-9-10-21(17)19)12-6-2-4-8-14(12)16/h1-8H,9-10H2. The average Bonchev–Trinajstić information content (AvgIpc) is 2.94. The molecule has 1 heterocycles. The van der Waals surface area contributed by atoms with Crippen LogP contribution in [0.5, 0.6) is 0 Å². The molecule has 0 N–H and O–H groups in total. The number of ketones is 1. The first-order valence-electron chi connectivity index (χ1n) is 6.76. The Morgan fingerprint density at radius 2 is 1.38 bits per heavy atom. The van der Waals surface area contributed by atoms with Crippen molar-refractivity contribution >= 4 is 33.9 Å². The molecule has 0 amide bonds. The van der Waals surface area contributed by atoms with E-state index in [1.54, 1.807) is 11.8 Å². The monoisotopic (exact) mass is 312 g/mol. The van der Waals surface area contributed by atoms with Gasteiger partial charge in [-0.15, -0.1) is 11.8 Å². The van der Waals surface area contributed by atoms with Gasteiger partial charge in [0, 0.05) is 28.2 Å². The Kier molecular flexibility index (Phi) is 3.08. The summed E-state index contributed by atoms with van der Waals surface area (Å²) < 4.78 is 13.2. The van der Waals surface area contributed by atoms with Gasteiger partial charge in [0.2, 0.25) is 0 Å². The zero-order valence-corrected chi connectivity index (χ0v) is 12.8. The van der Waals surface area contributed by atoms with Crippen LogP contribution in [0.1, 0.15) is 27.0 Å². The Morgan fingerprint density at radius 3 is 1.86 bits per heavy atom. The van der Waals surface area contributed by atoms with Crippen molar-refractivity contribution in [1.82, 2.24) is 0 Å². The largest absolute Gasteiger partial charge is 0.289 e. The SMILES string of the molecule is O=C1c2ccccc2C(=C2SCCS2=O)c2ccccc21. The smallest absolute Gasteiger partial charge is 0.194 e. The first kappa shape index (κ1) is 13.0. The van der Waals surface area contributed by atoms with Crippen molar-refractivity contribution in [2.24, 2.45) is 0 Å². The van der Waals surface area contributed by atoms with Gasteiger partial charge >= 0.3 is 0 Å². The predicted octanol–water partition coefficient (Wildman–Crippen LogP) is 3.44. The van der Waals surface area contributed by atoms with E-state index in [1.165, 1.54) is 0 Å². The molecule has 1 atom stereocenters. The zero-order chi connectivity index (χ0) is 14.4. The lowest BCUT2D eigenvalue weighted by Crippen LogP contribution is -2.15. The minimum atomic E-state index is -0.953. The molecule has 1 unspecified atom stereocenters. The molecule has 2 aromatic carbocycles. The van der Waals surface area contributed by atoms with Gasteiger partial charge in [0.1, 0.15) is 0 Å². The second-order valence-corrected chi connectivity index (χ2v) is 7.85. The first-order valence-corrected chi connectivity index (χ1v) is 9.07. The number of thioether (sulfide) groups is 1. The molecule has 0 aromatic heterocycles. The maximum Gasteiger partial charge on any atom is 0.194 e. The van der Waals surface area contributed by atoms with Gasteiger partial charge in [-0.1, -0.05) is 48.5 Å². The zero-order valence-electron chi connectivity index (χ0n) is 11.2. The number of hydrogen-bond donors (Lipinski definition) is 0. The number of fused-ring (bicyclic) bond motifs is 2. The van der Waals surface area contributed by atoms with Crippen LogP contribution < -0.4 is 0 Å². The fraction of sp³-hybridized carbons (Fsp3) is 0.118. The summed E-state index contributed by atoms with van der Waals surface area (Å²) >= 11 is 1.65. The first-order chi connectivity index (χ1) is 10.3. The van der Waals surface area contributed by atoms with Crippen LogP contribution in [0.4, 0.5) is 0 Å². The molecule has 2 nitrogen and oxygen atoms in total. The van der Waals surface area contributed by atoms with Gasteiger partial charge in [-0.25, -0.2) is 0 Å². The molecule has 1 saturated heterocycles. The van der Waals surface area contributed by atoms with E-state index < -0.39 is 10.8 Å². The number of carbonyl (C=O) groups excluding carboxylic acids is 1. The van der Waals surface area contributed by atoms with Gasteiger partial charge in [-0.05, 0) is 11.1 Å². The van der Waals surface area contributed by atoms with E-state index in [0.29, 0.717) is 16.9 Å². The van der Waals surface area contributed by atoms with Crippen LogP contribution in [-0.4, -0.2) is 21.5 Å². The van der Waals surface area contributed by atoms with E-state index in [1.807, 2.05) is 48.5 Å². The molecule has 1 fully saturated rings. The highest BCUT2D eigenvalue weighted by atomic mass is 32.2. The molecule has 4 rings (SSSR count). The molecule has 0 spiro atoms. The fourth-order valence-electron chi connectivity index (χ4n) is 2.86. The summed E-state index contributed by atoms with van der Waals surface area (Å²) in [4.78, 5) is 12.6. The van der Waals surface area contributed by atoms with Gasteiger partial charge in [0.15, 0.2) is 5.78 Å². The number of benzene rings is 2. The van der Waals surface area contributed by atoms with E-state index in [0.717, 1.165) is 26.7 Å². The maximum absolute atomic E-state index is 12.6. The lowest BCUT2D eigenvalue weighted by molar-refractivity contribution is 0.103. The summed E-state index contributed by atoms with van der Waals surface area (Å²) in [5, 5.41) is 0. The molecule has 2 aliphatic rings. The van der Waals surface area contributed by atoms with Gasteiger partial charge in [-0.2, -0.15) is 0 Å². The van der Waals surface area contributed by atoms with Gasteiger partial charge in [0.05, 0.1) is 15.0 Å². The van der Waals surface area contributed by atoms with Crippen molar-refractivity contribution < 1.29 is 9.00 Å². The third-order valence-corrected chi connectivity index (χ3v) is 7.03. The van der Waals surface area contributed by atoms with Crippen molar-refractivity contribution in [1.29, 1.82) is 0 Å². The summed E-state index contributed by atoms with van der Waals surface area (Å²) in [6, 6.07) is 15.3. The van der Waals surface area contributed by atoms with E-state index in [4.69, 9.17) is 0 Å². The van der Waals surface area contributed by atoms with Crippen LogP contribution in [0, 0.1) is 0 Å². The highest BCUT2D eigenvalue weighted by Crippen LogP contribution is 2.43. The summed E-state index contributed by atoms with van der Waals surface area (Å²) in [5.74, 6) is 1.63. The van der Waals surface area contributed by atoms with Crippen molar-refractivity contribution in [3.8, 4) is 0 Å². The summed E-state index contributed by atoms with van der Waals surface area (Å²) in [6.07, 6.45) is 0. The summed E-state index contributed by atoms with van der Waals surface area (Å²) in [6.45, 7) is 0. The fourth-order valence-corrected chi connectivity index (χ4v) is 6.01. The highest BCUT2D eigenvalue weighted by Gasteiger charge is 2.31. The highest BCUT2D eigenvalue weighted by molar-refractivity contribution is 8.19. The molecule has 1 aliphatic carbocycles. The molecule has 0 bridgehead atoms. The van der Waals surface area contributed by atoms with E-state index in [9.17, 15) is 9.00 Å². The molecular formula is C17H12O2S2. The van der Waals surface area contributed by atoms with Crippen molar-refractivity contribution in [3.63, 3.8) is 0 Å². The molecule has 4 heteroatoms. The topological polar surface area (TPSA) is 34.1 Å². The Morgan fingerprint density at radius 1 is 0.857 bits per heavy atom. The summed E-state index contributed by atoms with van der Waals surface area (Å²) in [7, 11) is -0.953. The van der Waals surface area contributed by atoms with Gasteiger partial charge in [-0.3, -0.25) is 9.00 Å². The third kappa shape index (κ3) is 1.93. The third-order valence-electron chi connectivity index (χ3n) is 3.79. The second-order valence-electron chi connectivity index (χ2n) is 4.98. The van der Waals surface area contributed by atoms with Gasteiger partial charge in [0.25, 0.3) is 0 Å². The van der Waals surface area contributed by atoms with E-state index in [-0.39, 0.29) is 5.78 Å². The number of carbonyl (C=O) groups is 1. The predicted molar refractivity (Wildman–Crippen MR) is 87.8 cm³/mol. The molecule has 0 saturated carbocycles. The molecule has 0 radical (unpaired) electrons. The number of rotatable bonds is 0. The molecule has 21 heavy (non-hydrogen) atoms. The van der Waals surface area contributed by atoms with E-state index >= 15 is 0 Å². The van der Waals surface area contributed by atoms with Crippen molar-refractivity contribution in [2.45, 2.75) is 0 Å².